The number of fused-ring (bicyclic) bond motifs is 6. The van der Waals surface area contributed by atoms with Gasteiger partial charge in [0.1, 0.15) is 11.5 Å². The zero-order valence-corrected chi connectivity index (χ0v) is 22.2. The minimum atomic E-state index is -1.07. The van der Waals surface area contributed by atoms with E-state index in [0.29, 0.717) is 17.4 Å². The summed E-state index contributed by atoms with van der Waals surface area (Å²) < 4.78 is 12.9. The van der Waals surface area contributed by atoms with Crippen LogP contribution in [0.3, 0.4) is 0 Å². The molecule has 5 nitrogen and oxygen atoms in total. The van der Waals surface area contributed by atoms with Gasteiger partial charge >= 0.3 is 5.97 Å². The molecule has 3 aliphatic rings. The van der Waals surface area contributed by atoms with Gasteiger partial charge in [0, 0.05) is 40.7 Å². The highest BCUT2D eigenvalue weighted by molar-refractivity contribution is 5.97. The van der Waals surface area contributed by atoms with E-state index in [1.165, 1.54) is 37.7 Å². The molecule has 5 heteroatoms. The summed E-state index contributed by atoms with van der Waals surface area (Å²) in [6.07, 6.45) is 6.50. The van der Waals surface area contributed by atoms with E-state index in [1.54, 1.807) is 0 Å². The average molecular weight is 517 g/mol. The Morgan fingerprint density at radius 3 is 2.44 bits per heavy atom. The Bertz CT molecular complexity index is 1540. The van der Waals surface area contributed by atoms with Gasteiger partial charge in [-0.25, -0.2) is 4.79 Å². The Morgan fingerprint density at radius 2 is 1.59 bits per heavy atom. The third kappa shape index (κ3) is 4.09. The van der Waals surface area contributed by atoms with Crippen LogP contribution < -0.4 is 10.1 Å². The van der Waals surface area contributed by atoms with Crippen molar-refractivity contribution in [3.05, 3.63) is 119 Å². The lowest BCUT2D eigenvalue weighted by Crippen LogP contribution is -2.34. The van der Waals surface area contributed by atoms with Crippen LogP contribution in [-0.4, -0.2) is 24.0 Å². The molecule has 1 aliphatic carbocycles. The van der Waals surface area contributed by atoms with Crippen molar-refractivity contribution in [2.75, 3.05) is 12.4 Å². The number of carbonyl (C=O) groups excluding carboxylic acids is 1. The van der Waals surface area contributed by atoms with Crippen LogP contribution in [0.4, 0.5) is 11.4 Å². The quantitative estimate of drug-likeness (QED) is 0.275. The van der Waals surface area contributed by atoms with E-state index < -0.39 is 5.60 Å². The monoisotopic (exact) mass is 516 g/mol. The molecule has 0 aromatic heterocycles. The lowest BCUT2D eigenvalue weighted by Gasteiger charge is -2.37. The molecule has 1 fully saturated rings. The number of nitrogens with zero attached hydrogens (tertiary/aromatic N) is 1. The minimum Gasteiger partial charge on any atom is -0.456 e. The number of hydrogen-bond acceptors (Lipinski definition) is 5. The van der Waals surface area contributed by atoms with E-state index >= 15 is 0 Å². The van der Waals surface area contributed by atoms with Gasteiger partial charge in [-0.15, -0.1) is 0 Å². The molecule has 39 heavy (non-hydrogen) atoms. The van der Waals surface area contributed by atoms with E-state index in [0.717, 1.165) is 40.4 Å². The van der Waals surface area contributed by atoms with Gasteiger partial charge in [-0.05, 0) is 67.9 Å². The predicted molar refractivity (Wildman–Crippen MR) is 153 cm³/mol. The Balaban J connectivity index is 1.31. The highest BCUT2D eigenvalue weighted by Crippen LogP contribution is 2.56. The minimum absolute atomic E-state index is 0.313. The largest absolute Gasteiger partial charge is 0.456 e. The van der Waals surface area contributed by atoms with Gasteiger partial charge in [0.05, 0.1) is 5.56 Å². The fraction of sp³-hybridized carbons (Fsp3) is 0.265. The lowest BCUT2D eigenvalue weighted by molar-refractivity contribution is 0.0224. The van der Waals surface area contributed by atoms with Gasteiger partial charge in [-0.1, -0.05) is 67.8 Å². The molecule has 2 heterocycles. The first-order chi connectivity index (χ1) is 19.1. The maximum atomic E-state index is 13.2. The molecule has 1 spiro atoms. The molecule has 196 valence electrons. The van der Waals surface area contributed by atoms with E-state index in [1.807, 2.05) is 72.8 Å². The second-order valence-electron chi connectivity index (χ2n) is 11.0. The first-order valence-corrected chi connectivity index (χ1v) is 13.9. The molecule has 0 saturated heterocycles. The Morgan fingerprint density at radius 1 is 0.795 bits per heavy atom. The Labute approximate surface area is 229 Å². The molecule has 7 rings (SSSR count). The van der Waals surface area contributed by atoms with E-state index in [-0.39, 0.29) is 5.97 Å². The zero-order chi connectivity index (χ0) is 26.4. The van der Waals surface area contributed by atoms with Crippen LogP contribution in [0.1, 0.15) is 64.7 Å². The fourth-order valence-electron chi connectivity index (χ4n) is 6.52. The third-order valence-corrected chi connectivity index (χ3v) is 8.47. The molecular formula is C34H32N2O3. The van der Waals surface area contributed by atoms with E-state index in [9.17, 15) is 4.79 Å². The summed E-state index contributed by atoms with van der Waals surface area (Å²) in [5, 5.41) is 3.48. The normalized spacial score (nSPS) is 19.7. The molecule has 0 radical (unpaired) electrons. The van der Waals surface area contributed by atoms with Gasteiger partial charge in [0.15, 0.2) is 5.60 Å². The first-order valence-electron chi connectivity index (χ1n) is 13.9. The summed E-state index contributed by atoms with van der Waals surface area (Å²) in [6, 6.07) is 30.8. The lowest BCUT2D eigenvalue weighted by atomic mass is 9.77. The van der Waals surface area contributed by atoms with Crippen LogP contribution >= 0.6 is 0 Å². The summed E-state index contributed by atoms with van der Waals surface area (Å²) in [5.41, 5.74) is 5.13. The molecule has 4 aromatic rings. The SMILES string of the molecule is CN(Cc1ccc2c(c1)Oc1ccc(Nc3ccccc3)cc1C21OC(=O)c2ccccc21)C1CCCCC1. The number of rotatable bonds is 5. The highest BCUT2D eigenvalue weighted by atomic mass is 16.6. The number of nitrogens with one attached hydrogen (secondary N) is 1. The van der Waals surface area contributed by atoms with Crippen LogP contribution in [-0.2, 0) is 16.9 Å². The molecule has 4 aromatic carbocycles. The van der Waals surface area contributed by atoms with Crippen LogP contribution in [0, 0.1) is 0 Å². The van der Waals surface area contributed by atoms with E-state index in [4.69, 9.17) is 9.47 Å². The van der Waals surface area contributed by atoms with Crippen LogP contribution in [0.5, 0.6) is 11.5 Å². The maximum absolute atomic E-state index is 13.2. The molecular weight excluding hydrogens is 484 g/mol. The average Bonchev–Trinajstić information content (AvgIpc) is 3.27. The molecule has 1 unspecified atom stereocenters. The van der Waals surface area contributed by atoms with Gasteiger partial charge in [-0.3, -0.25) is 4.90 Å². The zero-order valence-electron chi connectivity index (χ0n) is 22.2. The van der Waals surface area contributed by atoms with Gasteiger partial charge in [0.2, 0.25) is 0 Å². The number of carbonyl (C=O) groups is 1. The molecule has 1 saturated carbocycles. The summed E-state index contributed by atoms with van der Waals surface area (Å²) >= 11 is 0. The van der Waals surface area contributed by atoms with Gasteiger partial charge in [-0.2, -0.15) is 0 Å². The maximum Gasteiger partial charge on any atom is 0.340 e. The van der Waals surface area contributed by atoms with Crippen LogP contribution in [0.15, 0.2) is 91.0 Å². The topological polar surface area (TPSA) is 50.8 Å². The van der Waals surface area contributed by atoms with Gasteiger partial charge < -0.3 is 14.8 Å². The van der Waals surface area contributed by atoms with Crippen LogP contribution in [0.25, 0.3) is 0 Å². The van der Waals surface area contributed by atoms with Crippen molar-refractivity contribution in [1.82, 2.24) is 4.90 Å². The van der Waals surface area contributed by atoms with Crippen molar-refractivity contribution in [2.24, 2.45) is 0 Å². The summed E-state index contributed by atoms with van der Waals surface area (Å²) in [5.74, 6) is 1.13. The van der Waals surface area contributed by atoms with Crippen LogP contribution in [0.2, 0.25) is 0 Å². The van der Waals surface area contributed by atoms with Crippen molar-refractivity contribution in [3.8, 4) is 11.5 Å². The van der Waals surface area contributed by atoms with Crippen molar-refractivity contribution in [3.63, 3.8) is 0 Å². The molecule has 1 N–H and O–H groups in total. The molecule has 1 atom stereocenters. The third-order valence-electron chi connectivity index (χ3n) is 8.47. The first kappa shape index (κ1) is 24.0. The standard InChI is InChI=1S/C34H32N2O3/c1-36(26-12-6-3-7-13-26)22-23-16-18-29-32(20-23)38-31-19-17-25(35-24-10-4-2-5-11-24)21-30(31)34(29)28-15-9-8-14-27(28)33(37)39-34/h2,4-5,8-11,14-21,26,35H,3,6-7,12-13,22H2,1H3. The predicted octanol–water partition coefficient (Wildman–Crippen LogP) is 7.76. The number of para-hydroxylation sites is 1. The number of benzene rings is 4. The smallest absolute Gasteiger partial charge is 0.340 e. The summed E-state index contributed by atoms with van der Waals surface area (Å²) in [7, 11) is 2.23. The second-order valence-corrected chi connectivity index (χ2v) is 11.0. The van der Waals surface area contributed by atoms with Crippen molar-refractivity contribution in [1.29, 1.82) is 0 Å². The van der Waals surface area contributed by atoms with Crippen molar-refractivity contribution >= 4 is 17.3 Å². The summed E-state index contributed by atoms with van der Waals surface area (Å²) in [4.78, 5) is 15.7. The molecule has 0 bridgehead atoms. The molecule has 2 aliphatic heterocycles. The number of hydrogen-bond donors (Lipinski definition) is 1. The van der Waals surface area contributed by atoms with Crippen molar-refractivity contribution < 1.29 is 14.3 Å². The fourth-order valence-corrected chi connectivity index (χ4v) is 6.52. The second kappa shape index (κ2) is 9.58. The van der Waals surface area contributed by atoms with Gasteiger partial charge in [0.25, 0.3) is 0 Å². The number of esters is 1. The number of ether oxygens (including phenoxy) is 2. The number of anilines is 2. The van der Waals surface area contributed by atoms with Crippen molar-refractivity contribution in [2.45, 2.75) is 50.3 Å². The Hall–Kier alpha value is -4.09. The Kier molecular flexibility index (Phi) is 5.89. The highest BCUT2D eigenvalue weighted by Gasteiger charge is 2.53. The van der Waals surface area contributed by atoms with E-state index in [2.05, 4.69) is 35.5 Å². The molecule has 0 amide bonds. The summed E-state index contributed by atoms with van der Waals surface area (Å²) in [6.45, 7) is 0.859.